The van der Waals surface area contributed by atoms with Crippen molar-refractivity contribution >= 4 is 23.2 Å². The number of aliphatic imine (C=N–C) groups is 1. The van der Waals surface area contributed by atoms with E-state index < -0.39 is 24.0 Å². The number of aromatic nitrogens is 1. The fourth-order valence-corrected chi connectivity index (χ4v) is 3.43. The van der Waals surface area contributed by atoms with E-state index in [1.807, 2.05) is 27.7 Å². The maximum Gasteiger partial charge on any atom is 0.357 e. The largest absolute Gasteiger partial charge is 0.862 e. The van der Waals surface area contributed by atoms with Crippen LogP contribution in [0, 0.1) is 11.8 Å². The molecular formula is C18H28N5O4S-. The molecule has 28 heavy (non-hydrogen) atoms. The lowest BCUT2D eigenvalue weighted by Gasteiger charge is -2.28. The Balaban J connectivity index is 3.08. The third-order valence-corrected chi connectivity index (χ3v) is 5.54. The van der Waals surface area contributed by atoms with E-state index in [9.17, 15) is 9.90 Å². The molecule has 0 radical (unpaired) electrons. The summed E-state index contributed by atoms with van der Waals surface area (Å²) in [6, 6.07) is -1.16. The summed E-state index contributed by atoms with van der Waals surface area (Å²) < 4.78 is 10.2. The zero-order chi connectivity index (χ0) is 21.3. The van der Waals surface area contributed by atoms with Gasteiger partial charge in [0.1, 0.15) is 11.1 Å². The first-order valence-corrected chi connectivity index (χ1v) is 10.0. The van der Waals surface area contributed by atoms with E-state index in [-0.39, 0.29) is 23.6 Å². The van der Waals surface area contributed by atoms with Gasteiger partial charge in [-0.2, -0.15) is 0 Å². The molecular weight excluding hydrogens is 382 g/mol. The molecule has 0 N–H and O–H groups in total. The summed E-state index contributed by atoms with van der Waals surface area (Å²) in [4.78, 5) is 23.0. The lowest BCUT2D eigenvalue weighted by Crippen LogP contribution is -2.37. The Morgan fingerprint density at radius 2 is 2.07 bits per heavy atom. The van der Waals surface area contributed by atoms with Gasteiger partial charge in [0, 0.05) is 23.8 Å². The van der Waals surface area contributed by atoms with Crippen LogP contribution >= 0.6 is 11.3 Å². The molecule has 1 unspecified atom stereocenters. The molecule has 0 saturated carbocycles. The zero-order valence-electron chi connectivity index (χ0n) is 17.2. The molecule has 0 aliphatic rings. The predicted molar refractivity (Wildman–Crippen MR) is 106 cm³/mol. The van der Waals surface area contributed by atoms with Crippen LogP contribution in [0.4, 0.5) is 0 Å². The van der Waals surface area contributed by atoms with E-state index in [1.54, 1.807) is 12.5 Å². The topological polar surface area (TPSA) is 133 Å². The number of azide groups is 1. The number of hydrogen-bond acceptors (Lipinski definition) is 8. The van der Waals surface area contributed by atoms with Gasteiger partial charge in [0.05, 0.1) is 19.2 Å². The van der Waals surface area contributed by atoms with Crippen LogP contribution in [0.1, 0.15) is 62.1 Å². The highest BCUT2D eigenvalue weighted by molar-refractivity contribution is 7.09. The molecule has 1 heterocycles. The molecule has 0 aliphatic carbocycles. The number of esters is 1. The minimum atomic E-state index is -0.817. The predicted octanol–water partition coefficient (Wildman–Crippen LogP) is 3.52. The second-order valence-electron chi connectivity index (χ2n) is 6.84. The summed E-state index contributed by atoms with van der Waals surface area (Å²) in [5.74, 6) is -0.969. The first kappa shape index (κ1) is 23.9. The van der Waals surface area contributed by atoms with Gasteiger partial charge in [0.2, 0.25) is 0 Å². The van der Waals surface area contributed by atoms with E-state index in [0.717, 1.165) is 0 Å². The third kappa shape index (κ3) is 6.47. The lowest BCUT2D eigenvalue weighted by atomic mass is 9.96. The maximum absolute atomic E-state index is 12.6. The second kappa shape index (κ2) is 11.6. The van der Waals surface area contributed by atoms with Crippen molar-refractivity contribution in [3.8, 4) is 0 Å². The number of ether oxygens (including phenoxy) is 2. The van der Waals surface area contributed by atoms with Gasteiger partial charge in [-0.05, 0) is 23.3 Å². The summed E-state index contributed by atoms with van der Waals surface area (Å²) in [5, 5.41) is 18.5. The van der Waals surface area contributed by atoms with E-state index >= 15 is 0 Å². The van der Waals surface area contributed by atoms with Crippen LogP contribution in [-0.2, 0) is 9.47 Å². The Kier molecular flexibility index (Phi) is 9.92. The molecule has 0 saturated heterocycles. The molecule has 0 amide bonds. The molecule has 0 spiro atoms. The number of nitrogens with zero attached hydrogens (tertiary/aromatic N) is 5. The van der Waals surface area contributed by atoms with E-state index in [0.29, 0.717) is 17.8 Å². The van der Waals surface area contributed by atoms with E-state index in [2.05, 4.69) is 24.7 Å². The molecule has 4 atom stereocenters. The third-order valence-electron chi connectivity index (χ3n) is 4.61. The van der Waals surface area contributed by atoms with Gasteiger partial charge in [-0.25, -0.2) is 9.78 Å². The number of thiazole rings is 1. The normalized spacial score (nSPS) is 16.2. The average molecular weight is 411 g/mol. The van der Waals surface area contributed by atoms with Gasteiger partial charge in [-0.3, -0.25) is 0 Å². The number of rotatable bonds is 11. The van der Waals surface area contributed by atoms with Crippen LogP contribution in [0.3, 0.4) is 0 Å². The Labute approximate surface area is 169 Å². The van der Waals surface area contributed by atoms with Crippen molar-refractivity contribution in [2.75, 3.05) is 14.2 Å². The molecule has 10 heteroatoms. The van der Waals surface area contributed by atoms with Crippen LogP contribution in [-0.4, -0.2) is 43.2 Å². The highest BCUT2D eigenvalue weighted by atomic mass is 32.1. The Morgan fingerprint density at radius 3 is 2.57 bits per heavy atom. The van der Waals surface area contributed by atoms with Gasteiger partial charge in [-0.15, -0.1) is 11.3 Å². The molecule has 156 valence electrons. The smallest absolute Gasteiger partial charge is 0.357 e. The summed E-state index contributed by atoms with van der Waals surface area (Å²) >= 11 is 1.29. The molecule has 0 aromatic carbocycles. The summed E-state index contributed by atoms with van der Waals surface area (Å²) in [5.41, 5.74) is 8.99. The SMILES string of the molecule is CCC(C)[C@H](N=[N+]=[N-])C([O-])=N[C@H](C[C@@H](OC)c1nc(C(=O)OC)cs1)C(C)C. The first-order valence-electron chi connectivity index (χ1n) is 9.14. The lowest BCUT2D eigenvalue weighted by molar-refractivity contribution is -0.222. The minimum absolute atomic E-state index is 0.0605. The van der Waals surface area contributed by atoms with Crippen molar-refractivity contribution in [1.29, 1.82) is 0 Å². The van der Waals surface area contributed by atoms with Gasteiger partial charge in [-0.1, -0.05) is 39.2 Å². The second-order valence-corrected chi connectivity index (χ2v) is 7.73. The fourth-order valence-electron chi connectivity index (χ4n) is 2.55. The van der Waals surface area contributed by atoms with E-state index in [4.69, 9.17) is 10.3 Å². The van der Waals surface area contributed by atoms with E-state index in [1.165, 1.54) is 18.4 Å². The minimum Gasteiger partial charge on any atom is -0.862 e. The summed E-state index contributed by atoms with van der Waals surface area (Å²) in [6.45, 7) is 7.71. The summed E-state index contributed by atoms with van der Waals surface area (Å²) in [7, 11) is 2.84. The number of methoxy groups -OCH3 is 2. The highest BCUT2D eigenvalue weighted by Crippen LogP contribution is 2.29. The van der Waals surface area contributed by atoms with Gasteiger partial charge in [0.25, 0.3) is 0 Å². The monoisotopic (exact) mass is 410 g/mol. The van der Waals surface area contributed by atoms with Crippen LogP contribution < -0.4 is 5.11 Å². The quantitative estimate of drug-likeness (QED) is 0.137. The Morgan fingerprint density at radius 1 is 1.39 bits per heavy atom. The number of hydrogen-bond donors (Lipinski definition) is 0. The highest BCUT2D eigenvalue weighted by Gasteiger charge is 2.25. The van der Waals surface area contributed by atoms with Crippen molar-refractivity contribution in [3.05, 3.63) is 26.5 Å². The van der Waals surface area contributed by atoms with Crippen molar-refractivity contribution in [3.63, 3.8) is 0 Å². The molecule has 0 fully saturated rings. The van der Waals surface area contributed by atoms with Crippen LogP contribution in [0.5, 0.6) is 0 Å². The summed E-state index contributed by atoms with van der Waals surface area (Å²) in [6.07, 6.45) is 0.694. The number of carbonyl (C=O) groups excluding carboxylic acids is 1. The average Bonchev–Trinajstić information content (AvgIpc) is 3.17. The molecule has 1 aromatic heterocycles. The first-order chi connectivity index (χ1) is 13.3. The van der Waals surface area contributed by atoms with Gasteiger partial charge >= 0.3 is 5.97 Å². The van der Waals surface area contributed by atoms with Crippen LogP contribution in [0.2, 0.25) is 0 Å². The van der Waals surface area contributed by atoms with Crippen LogP contribution in [0.25, 0.3) is 10.4 Å². The van der Waals surface area contributed by atoms with Crippen LogP contribution in [0.15, 0.2) is 15.5 Å². The molecule has 0 bridgehead atoms. The van der Waals surface area contributed by atoms with Gasteiger partial charge in [0.15, 0.2) is 5.69 Å². The maximum atomic E-state index is 12.6. The van der Waals surface area contributed by atoms with Crippen molar-refractivity contribution in [1.82, 2.24) is 4.98 Å². The molecule has 1 aromatic rings. The van der Waals surface area contributed by atoms with Crippen molar-refractivity contribution in [2.45, 2.75) is 58.7 Å². The Hall–Kier alpha value is -2.16. The molecule has 9 nitrogen and oxygen atoms in total. The zero-order valence-corrected chi connectivity index (χ0v) is 18.0. The molecule has 1 rings (SSSR count). The fraction of sp³-hybridized carbons (Fsp3) is 0.722. The standard InChI is InChI=1S/C18H29N5O4S/c1-7-11(4)15(22-23-19)16(24)20-12(10(2)3)8-14(26-5)17-21-13(9-28-17)18(25)27-6/h9-12,14-15H,7-8H2,1-6H3,(H,20,24)/p-1/t11?,12-,14-,15+/m1/s1. The van der Waals surface area contributed by atoms with Gasteiger partial charge < -0.3 is 19.6 Å². The molecule has 0 aliphatic heterocycles. The number of carbonyl (C=O) groups is 1. The van der Waals surface area contributed by atoms with Crippen molar-refractivity contribution < 1.29 is 19.4 Å². The van der Waals surface area contributed by atoms with Crippen molar-refractivity contribution in [2.24, 2.45) is 21.9 Å². The Bertz CT molecular complexity index is 715.